The molecule has 0 spiro atoms. The number of benzene rings is 1. The molecule has 12 heteroatoms. The summed E-state index contributed by atoms with van der Waals surface area (Å²) in [6.07, 6.45) is 0.614. The number of thioether (sulfide) groups is 1. The monoisotopic (exact) mass is 547 g/mol. The minimum absolute atomic E-state index is 0.0336. The van der Waals surface area contributed by atoms with E-state index >= 15 is 0 Å². The summed E-state index contributed by atoms with van der Waals surface area (Å²) in [5.41, 5.74) is 9.18. The zero-order chi connectivity index (χ0) is 28.0. The molecule has 1 amide bonds. The quantitative estimate of drug-likeness (QED) is 0.330. The van der Waals surface area contributed by atoms with Crippen molar-refractivity contribution in [3.05, 3.63) is 64.1 Å². The Hall–Kier alpha value is -3.54. The molecule has 38 heavy (non-hydrogen) atoms. The van der Waals surface area contributed by atoms with Crippen LogP contribution >= 0.6 is 11.8 Å². The van der Waals surface area contributed by atoms with Gasteiger partial charge in [0.2, 0.25) is 0 Å². The van der Waals surface area contributed by atoms with Crippen LogP contribution in [0, 0.1) is 5.41 Å². The normalized spacial score (nSPS) is 14.8. The Balaban J connectivity index is 2.13. The number of hydrogen-bond acceptors (Lipinski definition) is 7. The third kappa shape index (κ3) is 6.85. The SMILES string of the molecule is CCn1cc(-c2cc(CN(C)/C=C\SC=N)cc3c2CCN(CC(/C=C(/C)N)=NC)C3=O)c(C(F)(F)F)n1. The molecule has 0 saturated carbocycles. The van der Waals surface area contributed by atoms with Crippen molar-refractivity contribution in [2.24, 2.45) is 10.7 Å². The highest BCUT2D eigenvalue weighted by Gasteiger charge is 2.39. The van der Waals surface area contributed by atoms with Crippen LogP contribution in [0.25, 0.3) is 11.1 Å². The van der Waals surface area contributed by atoms with Crippen molar-refractivity contribution < 1.29 is 18.0 Å². The summed E-state index contributed by atoms with van der Waals surface area (Å²) < 4.78 is 43.3. The lowest BCUT2D eigenvalue weighted by atomic mass is 9.88. The molecule has 0 aliphatic carbocycles. The maximum atomic E-state index is 14.0. The Kier molecular flexibility index (Phi) is 9.42. The Morgan fingerprint density at radius 1 is 1.32 bits per heavy atom. The van der Waals surface area contributed by atoms with Gasteiger partial charge in [-0.1, -0.05) is 11.8 Å². The van der Waals surface area contributed by atoms with Gasteiger partial charge in [0.15, 0.2) is 5.69 Å². The maximum Gasteiger partial charge on any atom is 0.435 e. The highest BCUT2D eigenvalue weighted by atomic mass is 32.2. The van der Waals surface area contributed by atoms with E-state index in [1.54, 1.807) is 55.6 Å². The van der Waals surface area contributed by atoms with Crippen LogP contribution in [0.3, 0.4) is 0 Å². The van der Waals surface area contributed by atoms with Crippen LogP contribution < -0.4 is 5.73 Å². The molecular weight excluding hydrogens is 515 g/mol. The van der Waals surface area contributed by atoms with Crippen LogP contribution in [0.4, 0.5) is 13.2 Å². The number of nitrogens with one attached hydrogen (secondary N) is 1. The zero-order valence-corrected chi connectivity index (χ0v) is 22.7. The lowest BCUT2D eigenvalue weighted by Gasteiger charge is -2.31. The van der Waals surface area contributed by atoms with Gasteiger partial charge in [0, 0.05) is 63.0 Å². The van der Waals surface area contributed by atoms with Crippen molar-refractivity contribution in [2.45, 2.75) is 39.5 Å². The number of aryl methyl sites for hydroxylation is 1. The summed E-state index contributed by atoms with van der Waals surface area (Å²) in [6.45, 7) is 4.67. The lowest BCUT2D eigenvalue weighted by Crippen LogP contribution is -2.41. The molecule has 2 heterocycles. The predicted octanol–water partition coefficient (Wildman–Crippen LogP) is 4.76. The number of carbonyl (C=O) groups is 1. The number of alkyl halides is 3. The average Bonchev–Trinajstić information content (AvgIpc) is 3.30. The molecule has 1 aliphatic heterocycles. The van der Waals surface area contributed by atoms with E-state index in [1.807, 2.05) is 11.9 Å². The Bertz CT molecular complexity index is 1280. The first-order chi connectivity index (χ1) is 18.0. The molecule has 0 radical (unpaired) electrons. The second-order valence-corrected chi connectivity index (χ2v) is 9.73. The molecule has 0 bridgehead atoms. The number of rotatable bonds is 10. The third-order valence-corrected chi connectivity index (χ3v) is 6.45. The number of hydrogen-bond donors (Lipinski definition) is 2. The van der Waals surface area contributed by atoms with Gasteiger partial charge in [-0.25, -0.2) is 0 Å². The molecule has 0 saturated heterocycles. The van der Waals surface area contributed by atoms with E-state index in [0.717, 1.165) is 0 Å². The van der Waals surface area contributed by atoms with Gasteiger partial charge in [-0.15, -0.1) is 0 Å². The van der Waals surface area contributed by atoms with Crippen molar-refractivity contribution in [3.63, 3.8) is 0 Å². The van der Waals surface area contributed by atoms with Crippen molar-refractivity contribution in [3.8, 4) is 11.1 Å². The van der Waals surface area contributed by atoms with E-state index in [0.29, 0.717) is 53.2 Å². The molecule has 1 aromatic heterocycles. The highest BCUT2D eigenvalue weighted by molar-refractivity contribution is 8.14. The number of fused-ring (bicyclic) bond motifs is 1. The highest BCUT2D eigenvalue weighted by Crippen LogP contribution is 2.40. The minimum atomic E-state index is -4.65. The van der Waals surface area contributed by atoms with Gasteiger partial charge >= 0.3 is 6.18 Å². The minimum Gasteiger partial charge on any atom is -0.402 e. The lowest BCUT2D eigenvalue weighted by molar-refractivity contribution is -0.141. The molecular formula is C26H32F3N7OS. The third-order valence-electron chi connectivity index (χ3n) is 6.03. The zero-order valence-electron chi connectivity index (χ0n) is 21.8. The average molecular weight is 548 g/mol. The van der Waals surface area contributed by atoms with Crippen LogP contribution in [0.1, 0.15) is 41.0 Å². The summed E-state index contributed by atoms with van der Waals surface area (Å²) in [5.74, 6) is -0.271. The summed E-state index contributed by atoms with van der Waals surface area (Å²) in [5, 5.41) is 12.7. The van der Waals surface area contributed by atoms with E-state index in [-0.39, 0.29) is 24.6 Å². The van der Waals surface area contributed by atoms with E-state index < -0.39 is 11.9 Å². The van der Waals surface area contributed by atoms with Gasteiger partial charge in [-0.3, -0.25) is 14.5 Å². The van der Waals surface area contributed by atoms with Gasteiger partial charge in [-0.2, -0.15) is 18.3 Å². The number of aliphatic imine (C=N–C) groups is 1. The molecule has 0 atom stereocenters. The van der Waals surface area contributed by atoms with Crippen molar-refractivity contribution in [1.29, 1.82) is 5.41 Å². The van der Waals surface area contributed by atoms with Crippen LogP contribution in [-0.2, 0) is 25.7 Å². The van der Waals surface area contributed by atoms with Crippen LogP contribution in [-0.4, -0.2) is 63.9 Å². The van der Waals surface area contributed by atoms with Crippen molar-refractivity contribution in [1.82, 2.24) is 19.6 Å². The second-order valence-electron chi connectivity index (χ2n) is 8.95. The van der Waals surface area contributed by atoms with Crippen LogP contribution in [0.15, 0.2) is 46.7 Å². The van der Waals surface area contributed by atoms with Crippen LogP contribution in [0.5, 0.6) is 0 Å². The molecule has 1 aliphatic rings. The van der Waals surface area contributed by atoms with Crippen LogP contribution in [0.2, 0.25) is 0 Å². The molecule has 0 unspecified atom stereocenters. The molecule has 2 aromatic rings. The number of carbonyl (C=O) groups excluding carboxylic acids is 1. The van der Waals surface area contributed by atoms with Gasteiger partial charge < -0.3 is 20.9 Å². The topological polar surface area (TPSA) is 104 Å². The largest absolute Gasteiger partial charge is 0.435 e. The first-order valence-corrected chi connectivity index (χ1v) is 12.9. The number of halogens is 3. The van der Waals surface area contributed by atoms with E-state index in [2.05, 4.69) is 10.1 Å². The smallest absolute Gasteiger partial charge is 0.402 e. The first-order valence-electron chi connectivity index (χ1n) is 12.0. The summed E-state index contributed by atoms with van der Waals surface area (Å²) >= 11 is 1.19. The van der Waals surface area contributed by atoms with Gasteiger partial charge in [0.05, 0.1) is 17.8 Å². The van der Waals surface area contributed by atoms with Gasteiger partial charge in [0.25, 0.3) is 5.91 Å². The summed E-state index contributed by atoms with van der Waals surface area (Å²) in [4.78, 5) is 21.3. The summed E-state index contributed by atoms with van der Waals surface area (Å²) in [6, 6.07) is 3.48. The molecule has 3 N–H and O–H groups in total. The first kappa shape index (κ1) is 29.0. The number of nitrogens with two attached hydrogens (primary N) is 1. The van der Waals surface area contributed by atoms with E-state index in [9.17, 15) is 18.0 Å². The van der Waals surface area contributed by atoms with Crippen molar-refractivity contribution >= 4 is 28.9 Å². The molecule has 0 fully saturated rings. The molecule has 204 valence electrons. The van der Waals surface area contributed by atoms with E-state index in [4.69, 9.17) is 11.1 Å². The molecule has 8 nitrogen and oxygen atoms in total. The Morgan fingerprint density at radius 2 is 2.03 bits per heavy atom. The predicted molar refractivity (Wildman–Crippen MR) is 146 cm³/mol. The Labute approximate surface area is 224 Å². The maximum absolute atomic E-state index is 14.0. The standard InChI is InChI=1S/C26H32F3N7OS/c1-5-36-15-23(24(33-36)26(27,28)29)21-11-18(13-34(4)8-9-38-16-30)12-22-20(21)6-7-35(25(22)37)14-19(32-3)10-17(2)31/h8-12,15-16,30H,5-7,13-14,31H2,1-4H3/b9-8-,17-10-,30-16?,32-19?. The molecule has 3 rings (SSSR count). The fourth-order valence-corrected chi connectivity index (χ4v) is 4.70. The number of allylic oxidation sites excluding steroid dienone is 1. The fourth-order valence-electron chi connectivity index (χ4n) is 4.34. The number of amides is 1. The van der Waals surface area contributed by atoms with E-state index in [1.165, 1.54) is 28.2 Å². The number of nitrogens with zero attached hydrogens (tertiary/aromatic N) is 5. The number of aromatic nitrogens is 2. The summed E-state index contributed by atoms with van der Waals surface area (Å²) in [7, 11) is 3.44. The van der Waals surface area contributed by atoms with Gasteiger partial charge in [-0.05, 0) is 60.6 Å². The van der Waals surface area contributed by atoms with Crippen molar-refractivity contribution in [2.75, 3.05) is 27.2 Å². The fraction of sp³-hybridized carbons (Fsp3) is 0.385. The van der Waals surface area contributed by atoms with Gasteiger partial charge in [0.1, 0.15) is 0 Å². The molecule has 1 aromatic carbocycles. The second kappa shape index (κ2) is 12.3. The Morgan fingerprint density at radius 3 is 2.63 bits per heavy atom.